The molecule has 0 amide bonds. The monoisotopic (exact) mass is 399 g/mol. The highest BCUT2D eigenvalue weighted by atomic mass is 32.2. The molecular weight excluding hydrogens is 381 g/mol. The van der Waals surface area contributed by atoms with Crippen molar-refractivity contribution in [3.63, 3.8) is 0 Å². The van der Waals surface area contributed by atoms with Crippen LogP contribution in [0.1, 0.15) is 0 Å². The van der Waals surface area contributed by atoms with Crippen molar-refractivity contribution in [2.75, 3.05) is 17.8 Å². The van der Waals surface area contributed by atoms with Crippen LogP contribution in [0.25, 0.3) is 22.5 Å². The Morgan fingerprint density at radius 1 is 1.15 bits per heavy atom. The van der Waals surface area contributed by atoms with Gasteiger partial charge in [0.05, 0.1) is 17.7 Å². The lowest BCUT2D eigenvalue weighted by atomic mass is 10.1. The number of halogens is 1. The van der Waals surface area contributed by atoms with Crippen molar-refractivity contribution >= 4 is 35.7 Å². The van der Waals surface area contributed by atoms with E-state index < -0.39 is 0 Å². The van der Waals surface area contributed by atoms with Gasteiger partial charge in [0.2, 0.25) is 0 Å². The summed E-state index contributed by atoms with van der Waals surface area (Å²) in [4.78, 5) is 16.4. The summed E-state index contributed by atoms with van der Waals surface area (Å²) in [6, 6.07) is 10.2. The van der Waals surface area contributed by atoms with Gasteiger partial charge in [-0.05, 0) is 54.3 Å². The highest BCUT2D eigenvalue weighted by molar-refractivity contribution is 8.01. The Hall–Kier alpha value is -2.58. The maximum absolute atomic E-state index is 13.3. The van der Waals surface area contributed by atoms with Crippen LogP contribution < -0.4 is 5.32 Å². The number of hydrogen-bond acceptors (Lipinski definition) is 5. The van der Waals surface area contributed by atoms with E-state index in [4.69, 9.17) is 0 Å². The van der Waals surface area contributed by atoms with Gasteiger partial charge >= 0.3 is 0 Å². The lowest BCUT2D eigenvalue weighted by Gasteiger charge is -2.05. The predicted molar refractivity (Wildman–Crippen MR) is 114 cm³/mol. The Kier molecular flexibility index (Phi) is 6.67. The number of rotatable bonds is 7. The molecule has 27 heavy (non-hydrogen) atoms. The molecule has 5 nitrogen and oxygen atoms in total. The van der Waals surface area contributed by atoms with E-state index in [2.05, 4.69) is 25.3 Å². The van der Waals surface area contributed by atoms with Crippen LogP contribution >= 0.6 is 23.5 Å². The molecule has 2 N–H and O–H groups in total. The number of aliphatic imine (C=N–C) groups is 1. The van der Waals surface area contributed by atoms with Crippen LogP contribution in [0.2, 0.25) is 0 Å². The summed E-state index contributed by atoms with van der Waals surface area (Å²) < 4.78 is 13.3. The molecule has 3 aromatic rings. The Bertz CT molecular complexity index is 951. The Morgan fingerprint density at radius 2 is 1.96 bits per heavy atom. The van der Waals surface area contributed by atoms with Crippen LogP contribution in [0.3, 0.4) is 0 Å². The predicted octanol–water partition coefficient (Wildman–Crippen LogP) is 5.27. The molecule has 8 heteroatoms. The topological polar surface area (TPSA) is 66.0 Å². The van der Waals surface area contributed by atoms with Gasteiger partial charge in [0, 0.05) is 23.5 Å². The Labute approximate surface area is 165 Å². The van der Waals surface area contributed by atoms with Gasteiger partial charge in [0.25, 0.3) is 0 Å². The van der Waals surface area contributed by atoms with Crippen molar-refractivity contribution in [1.82, 2.24) is 15.0 Å². The summed E-state index contributed by atoms with van der Waals surface area (Å²) in [5, 5.41) is 5.72. The summed E-state index contributed by atoms with van der Waals surface area (Å²) in [6.07, 6.45) is 8.92. The van der Waals surface area contributed by atoms with E-state index in [1.54, 1.807) is 42.6 Å². The lowest BCUT2D eigenvalue weighted by Crippen LogP contribution is -1.97. The Balaban J connectivity index is 1.93. The van der Waals surface area contributed by atoms with Gasteiger partial charge in [-0.2, -0.15) is 0 Å². The quantitative estimate of drug-likeness (QED) is 0.322. The molecule has 0 aliphatic carbocycles. The number of nitrogens with zero attached hydrogens (tertiary/aromatic N) is 3. The van der Waals surface area contributed by atoms with Crippen molar-refractivity contribution in [1.29, 1.82) is 0 Å². The van der Waals surface area contributed by atoms with Crippen LogP contribution in [0, 0.1) is 5.82 Å². The first-order valence-electron chi connectivity index (χ1n) is 8.03. The van der Waals surface area contributed by atoms with Crippen LogP contribution in [0.5, 0.6) is 0 Å². The average Bonchev–Trinajstić information content (AvgIpc) is 3.13. The molecule has 0 aliphatic heterocycles. The summed E-state index contributed by atoms with van der Waals surface area (Å²) in [5.74, 6) is 0.391. The van der Waals surface area contributed by atoms with Gasteiger partial charge in [-0.15, -0.1) is 11.8 Å². The molecule has 0 unspecified atom stereocenters. The highest BCUT2D eigenvalue weighted by Gasteiger charge is 2.14. The minimum atomic E-state index is -0.268. The second-order valence-corrected chi connectivity index (χ2v) is 6.89. The molecule has 0 spiro atoms. The number of H-pyrrole nitrogens is 1. The number of aromatic nitrogens is 3. The first-order valence-corrected chi connectivity index (χ1v) is 10.5. The summed E-state index contributed by atoms with van der Waals surface area (Å²) in [6.45, 7) is 0. The third kappa shape index (κ3) is 4.99. The molecule has 0 aliphatic rings. The zero-order chi connectivity index (χ0) is 19.1. The SMILES string of the molecule is CSC=CN=CNc1cc(-c2nc(SC)[nH]c2-c2ccc(F)cc2)ccn1. The minimum absolute atomic E-state index is 0.268. The molecule has 1 aromatic carbocycles. The number of benzene rings is 1. The largest absolute Gasteiger partial charge is 0.332 e. The van der Waals surface area contributed by atoms with Crippen LogP contribution in [-0.4, -0.2) is 33.8 Å². The number of aromatic amines is 1. The number of hydrogen-bond donors (Lipinski definition) is 2. The molecule has 138 valence electrons. The maximum Gasteiger partial charge on any atom is 0.166 e. The molecule has 0 bridgehead atoms. The second-order valence-electron chi connectivity index (χ2n) is 5.35. The molecule has 0 saturated carbocycles. The van der Waals surface area contributed by atoms with Crippen molar-refractivity contribution in [2.24, 2.45) is 4.99 Å². The smallest absolute Gasteiger partial charge is 0.166 e. The maximum atomic E-state index is 13.3. The molecule has 2 aromatic heterocycles. The first-order chi connectivity index (χ1) is 13.2. The zero-order valence-electron chi connectivity index (χ0n) is 14.8. The summed E-state index contributed by atoms with van der Waals surface area (Å²) in [7, 11) is 0. The van der Waals surface area contributed by atoms with Crippen LogP contribution in [-0.2, 0) is 0 Å². The average molecular weight is 400 g/mol. The number of pyridine rings is 1. The number of thioether (sulfide) groups is 2. The highest BCUT2D eigenvalue weighted by Crippen LogP contribution is 2.32. The van der Waals surface area contributed by atoms with E-state index in [1.165, 1.54) is 23.9 Å². The van der Waals surface area contributed by atoms with Gasteiger partial charge < -0.3 is 10.3 Å². The van der Waals surface area contributed by atoms with E-state index in [-0.39, 0.29) is 5.82 Å². The molecule has 0 atom stereocenters. The Morgan fingerprint density at radius 3 is 2.70 bits per heavy atom. The van der Waals surface area contributed by atoms with Crippen LogP contribution in [0.4, 0.5) is 10.2 Å². The molecule has 0 fully saturated rings. The summed E-state index contributed by atoms with van der Waals surface area (Å²) >= 11 is 3.10. The second kappa shape index (κ2) is 9.38. The van der Waals surface area contributed by atoms with Crippen molar-refractivity contribution in [3.8, 4) is 22.5 Å². The van der Waals surface area contributed by atoms with Crippen molar-refractivity contribution in [3.05, 3.63) is 60.0 Å². The third-order valence-electron chi connectivity index (χ3n) is 3.61. The fraction of sp³-hybridized carbons (Fsp3) is 0.105. The van der Waals surface area contributed by atoms with Gasteiger partial charge in [-0.1, -0.05) is 11.8 Å². The number of anilines is 1. The van der Waals surface area contributed by atoms with Crippen molar-refractivity contribution in [2.45, 2.75) is 5.16 Å². The molecule has 2 heterocycles. The lowest BCUT2D eigenvalue weighted by molar-refractivity contribution is 0.628. The minimum Gasteiger partial charge on any atom is -0.332 e. The van der Waals surface area contributed by atoms with Gasteiger partial charge in [-0.3, -0.25) is 0 Å². The molecule has 0 radical (unpaired) electrons. The number of nitrogens with one attached hydrogen (secondary N) is 2. The van der Waals surface area contributed by atoms with E-state index in [1.807, 2.05) is 30.1 Å². The van der Waals surface area contributed by atoms with E-state index in [0.717, 1.165) is 27.7 Å². The number of imidazole rings is 1. The molecular formula is C19H18FN5S2. The van der Waals surface area contributed by atoms with Crippen LogP contribution in [0.15, 0.2) is 64.4 Å². The fourth-order valence-electron chi connectivity index (χ4n) is 2.38. The van der Waals surface area contributed by atoms with Gasteiger partial charge in [0.1, 0.15) is 11.6 Å². The first kappa shape index (κ1) is 19.2. The third-order valence-corrected chi connectivity index (χ3v) is 4.59. The molecule has 0 saturated heterocycles. The molecule has 3 rings (SSSR count). The van der Waals surface area contributed by atoms with Gasteiger partial charge in [-0.25, -0.2) is 19.4 Å². The summed E-state index contributed by atoms with van der Waals surface area (Å²) in [5.41, 5.74) is 3.40. The fourth-order valence-corrected chi connectivity index (χ4v) is 2.96. The standard InChI is InChI=1S/C19H18FN5S2/c1-26-10-9-21-12-23-16-11-14(7-8-22-16)18-17(24-19(25-18)27-2)13-3-5-15(20)6-4-13/h3-12H,1-2H3,(H,24,25)(H,21,22,23). The van der Waals surface area contributed by atoms with Crippen molar-refractivity contribution < 1.29 is 4.39 Å². The van der Waals surface area contributed by atoms with Gasteiger partial charge in [0.15, 0.2) is 5.16 Å². The zero-order valence-corrected chi connectivity index (χ0v) is 16.4. The van der Waals surface area contributed by atoms with E-state index in [9.17, 15) is 4.39 Å². The van der Waals surface area contributed by atoms with E-state index in [0.29, 0.717) is 5.82 Å². The normalized spacial score (nSPS) is 11.5. The van der Waals surface area contributed by atoms with E-state index >= 15 is 0 Å².